The molecule has 0 saturated heterocycles. The molecule has 2 N–H and O–H groups in total. The van der Waals surface area contributed by atoms with Crippen molar-refractivity contribution in [2.45, 2.75) is 20.1 Å². The summed E-state index contributed by atoms with van der Waals surface area (Å²) in [7, 11) is 1.55. The van der Waals surface area contributed by atoms with Crippen LogP contribution < -0.4 is 4.74 Å². The number of carbonyl (C=O) groups excluding carboxylic acids is 1. The molecule has 170 valence electrons. The van der Waals surface area contributed by atoms with Gasteiger partial charge < -0.3 is 14.7 Å². The summed E-state index contributed by atoms with van der Waals surface area (Å²) in [4.78, 5) is 18.7. The molecule has 0 bridgehead atoms. The van der Waals surface area contributed by atoms with Crippen LogP contribution in [-0.2, 0) is 13.2 Å². The van der Waals surface area contributed by atoms with Gasteiger partial charge in [-0.1, -0.05) is 12.1 Å². The van der Waals surface area contributed by atoms with Gasteiger partial charge >= 0.3 is 0 Å². The molecule has 33 heavy (non-hydrogen) atoms. The largest absolute Gasteiger partial charge is 0.490 e. The summed E-state index contributed by atoms with van der Waals surface area (Å²) >= 11 is 0. The van der Waals surface area contributed by atoms with Gasteiger partial charge in [0, 0.05) is 36.3 Å². The number of amides is 1. The molecule has 4 aromatic rings. The van der Waals surface area contributed by atoms with Gasteiger partial charge in [0.1, 0.15) is 5.82 Å². The van der Waals surface area contributed by atoms with Crippen molar-refractivity contribution in [2.24, 2.45) is 0 Å². The Morgan fingerprint density at radius 1 is 1.21 bits per heavy atom. The predicted molar refractivity (Wildman–Crippen MR) is 119 cm³/mol. The van der Waals surface area contributed by atoms with Crippen LogP contribution in [0.3, 0.4) is 0 Å². The Hall–Kier alpha value is -3.85. The summed E-state index contributed by atoms with van der Waals surface area (Å²) in [6.07, 6.45) is 3.10. The first-order valence-corrected chi connectivity index (χ1v) is 10.3. The summed E-state index contributed by atoms with van der Waals surface area (Å²) < 4.78 is 34.6. The highest BCUT2D eigenvalue weighted by atomic mass is 19.1. The fourth-order valence-electron chi connectivity index (χ4n) is 3.71. The summed E-state index contributed by atoms with van der Waals surface area (Å²) in [5, 5.41) is 16.9. The number of hydrogen-bond donors (Lipinski definition) is 2. The third-order valence-corrected chi connectivity index (χ3v) is 5.30. The molecule has 0 fully saturated rings. The van der Waals surface area contributed by atoms with Crippen LogP contribution in [0.15, 0.2) is 48.8 Å². The van der Waals surface area contributed by atoms with Gasteiger partial charge in [0.25, 0.3) is 5.91 Å². The van der Waals surface area contributed by atoms with E-state index in [4.69, 9.17) is 4.74 Å². The number of fused-ring (bicyclic) bond motifs is 1. The Labute approximate surface area is 188 Å². The maximum absolute atomic E-state index is 15.4. The number of ether oxygens (including phenoxy) is 1. The average molecular weight is 452 g/mol. The van der Waals surface area contributed by atoms with Crippen LogP contribution in [0.4, 0.5) is 8.78 Å². The molecule has 7 nitrogen and oxygen atoms in total. The molecular weight excluding hydrogens is 430 g/mol. The first kappa shape index (κ1) is 22.3. The molecule has 0 aliphatic heterocycles. The second kappa shape index (κ2) is 9.33. The van der Waals surface area contributed by atoms with Gasteiger partial charge in [0.05, 0.1) is 36.2 Å². The quantitative estimate of drug-likeness (QED) is 0.441. The van der Waals surface area contributed by atoms with Crippen LogP contribution in [0, 0.1) is 11.6 Å². The van der Waals surface area contributed by atoms with E-state index < -0.39 is 17.5 Å². The van der Waals surface area contributed by atoms with Crippen LogP contribution in [0.25, 0.3) is 22.0 Å². The van der Waals surface area contributed by atoms with Crippen molar-refractivity contribution in [1.29, 1.82) is 0 Å². The lowest BCUT2D eigenvalue weighted by atomic mass is 10.0. The van der Waals surface area contributed by atoms with E-state index in [2.05, 4.69) is 15.2 Å². The van der Waals surface area contributed by atoms with Crippen LogP contribution >= 0.6 is 0 Å². The fraction of sp³-hybridized carbons (Fsp3) is 0.208. The first-order valence-electron chi connectivity index (χ1n) is 10.3. The third-order valence-electron chi connectivity index (χ3n) is 5.30. The Kier molecular flexibility index (Phi) is 6.32. The molecule has 1 amide bonds. The SMILES string of the molecule is CCOc1c(-c2cccc(F)c2)ccc(C(=O)N(C)Cc2cnc(CO)c3cn[nH]c23)c1F. The van der Waals surface area contributed by atoms with Gasteiger partial charge in [0.2, 0.25) is 0 Å². The minimum atomic E-state index is -0.809. The number of nitrogens with zero attached hydrogens (tertiary/aromatic N) is 3. The number of aromatic amines is 1. The zero-order chi connectivity index (χ0) is 23.5. The molecule has 0 radical (unpaired) electrons. The number of aliphatic hydroxyl groups is 1. The highest BCUT2D eigenvalue weighted by Crippen LogP contribution is 2.35. The number of pyridine rings is 1. The van der Waals surface area contributed by atoms with Gasteiger partial charge in [-0.2, -0.15) is 5.10 Å². The van der Waals surface area contributed by atoms with Crippen LogP contribution in [0.2, 0.25) is 0 Å². The summed E-state index contributed by atoms with van der Waals surface area (Å²) in [6, 6.07) is 8.67. The highest BCUT2D eigenvalue weighted by Gasteiger charge is 2.24. The van der Waals surface area contributed by atoms with Crippen molar-refractivity contribution >= 4 is 16.8 Å². The lowest BCUT2D eigenvalue weighted by Gasteiger charge is -2.20. The van der Waals surface area contributed by atoms with E-state index in [9.17, 15) is 14.3 Å². The van der Waals surface area contributed by atoms with E-state index >= 15 is 4.39 Å². The van der Waals surface area contributed by atoms with E-state index in [0.717, 1.165) is 0 Å². The van der Waals surface area contributed by atoms with E-state index in [0.29, 0.717) is 33.3 Å². The van der Waals surface area contributed by atoms with Crippen molar-refractivity contribution in [3.8, 4) is 16.9 Å². The number of carbonyl (C=O) groups is 1. The number of aromatic nitrogens is 3. The number of rotatable bonds is 7. The number of benzene rings is 2. The van der Waals surface area contributed by atoms with Crippen molar-refractivity contribution in [3.05, 3.63) is 77.2 Å². The molecule has 2 aromatic heterocycles. The second-order valence-electron chi connectivity index (χ2n) is 7.46. The molecule has 2 heterocycles. The fourth-order valence-corrected chi connectivity index (χ4v) is 3.71. The van der Waals surface area contributed by atoms with Gasteiger partial charge in [-0.25, -0.2) is 8.78 Å². The Balaban J connectivity index is 1.67. The lowest BCUT2D eigenvalue weighted by molar-refractivity contribution is 0.0779. The highest BCUT2D eigenvalue weighted by molar-refractivity contribution is 5.96. The molecule has 0 spiro atoms. The van der Waals surface area contributed by atoms with E-state index in [-0.39, 0.29) is 31.1 Å². The number of halogens is 2. The van der Waals surface area contributed by atoms with Gasteiger partial charge in [-0.15, -0.1) is 0 Å². The molecule has 2 aromatic carbocycles. The van der Waals surface area contributed by atoms with E-state index in [1.807, 2.05) is 0 Å². The molecule has 0 saturated carbocycles. The lowest BCUT2D eigenvalue weighted by Crippen LogP contribution is -2.27. The van der Waals surface area contributed by atoms with E-state index in [1.165, 1.54) is 29.2 Å². The monoisotopic (exact) mass is 452 g/mol. The van der Waals surface area contributed by atoms with Crippen LogP contribution in [0.5, 0.6) is 5.75 Å². The maximum Gasteiger partial charge on any atom is 0.257 e. The molecule has 0 aliphatic carbocycles. The minimum Gasteiger partial charge on any atom is -0.490 e. The minimum absolute atomic E-state index is 0.104. The van der Waals surface area contributed by atoms with Gasteiger partial charge in [-0.05, 0) is 36.8 Å². The molecule has 0 atom stereocenters. The predicted octanol–water partition coefficient (Wildman–Crippen LogP) is 4.07. The number of H-pyrrole nitrogens is 1. The smallest absolute Gasteiger partial charge is 0.257 e. The van der Waals surface area contributed by atoms with Crippen molar-refractivity contribution in [3.63, 3.8) is 0 Å². The summed E-state index contributed by atoms with van der Waals surface area (Å²) in [6.45, 7) is 1.76. The summed E-state index contributed by atoms with van der Waals surface area (Å²) in [5.74, 6) is -1.93. The van der Waals surface area contributed by atoms with E-state index in [1.54, 1.807) is 38.5 Å². The molecule has 0 unspecified atom stereocenters. The first-order chi connectivity index (χ1) is 15.9. The molecule has 9 heteroatoms. The van der Waals surface area contributed by atoms with Crippen molar-refractivity contribution in [2.75, 3.05) is 13.7 Å². The van der Waals surface area contributed by atoms with Crippen LogP contribution in [-0.4, -0.2) is 44.7 Å². The number of hydrogen-bond acceptors (Lipinski definition) is 5. The van der Waals surface area contributed by atoms with Crippen molar-refractivity contribution < 1.29 is 23.4 Å². The zero-order valence-corrected chi connectivity index (χ0v) is 18.1. The Morgan fingerprint density at radius 3 is 2.76 bits per heavy atom. The topological polar surface area (TPSA) is 91.3 Å². The Morgan fingerprint density at radius 2 is 2.03 bits per heavy atom. The normalized spacial score (nSPS) is 11.1. The Bertz CT molecular complexity index is 1320. The van der Waals surface area contributed by atoms with Gasteiger partial charge in [-0.3, -0.25) is 14.9 Å². The van der Waals surface area contributed by atoms with Crippen molar-refractivity contribution in [1.82, 2.24) is 20.1 Å². The zero-order valence-electron chi connectivity index (χ0n) is 18.1. The number of aliphatic hydroxyl groups excluding tert-OH is 1. The van der Waals surface area contributed by atoms with Crippen LogP contribution in [0.1, 0.15) is 28.5 Å². The third kappa shape index (κ3) is 4.27. The molecule has 0 aliphatic rings. The average Bonchev–Trinajstić information content (AvgIpc) is 3.31. The van der Waals surface area contributed by atoms with Gasteiger partial charge in [0.15, 0.2) is 11.6 Å². The standard InChI is InChI=1S/C24H22F2N4O3/c1-3-33-23-17(14-5-4-6-16(25)9-14)7-8-18(21(23)26)24(32)30(2)12-15-10-27-20(13-31)19-11-28-29-22(15)19/h4-11,31H,3,12-13H2,1-2H3,(H,28,29). The molecule has 4 rings (SSSR count). The second-order valence-corrected chi connectivity index (χ2v) is 7.46. The summed E-state index contributed by atoms with van der Waals surface area (Å²) in [5.41, 5.74) is 2.42. The maximum atomic E-state index is 15.4. The molecular formula is C24H22F2N4O3. The number of nitrogens with one attached hydrogen (secondary N) is 1.